The standard InChI is InChI=1S/C24H35N5O3S/c1-4-16(2)25-21(30)12-13-28-22(31)19-10-5-6-11-20(19)29-23(28)26-27-24(29)33-15-17-8-7-9-18(14-17)32-3/h7-9,14,16,19-20,23,26H,4-6,10-13,15H2,1-3H3,(H,25,30). The van der Waals surface area contributed by atoms with Crippen molar-refractivity contribution in [3.05, 3.63) is 29.8 Å². The largest absolute Gasteiger partial charge is 0.497 e. The zero-order chi connectivity index (χ0) is 23.4. The Bertz CT molecular complexity index is 895. The number of nitrogens with zero attached hydrogens (tertiary/aromatic N) is 3. The summed E-state index contributed by atoms with van der Waals surface area (Å²) < 4.78 is 5.35. The molecule has 33 heavy (non-hydrogen) atoms. The van der Waals surface area contributed by atoms with Gasteiger partial charge in [-0.3, -0.25) is 15.0 Å². The zero-order valence-corrected chi connectivity index (χ0v) is 20.6. The highest BCUT2D eigenvalue weighted by molar-refractivity contribution is 8.13. The van der Waals surface area contributed by atoms with Gasteiger partial charge >= 0.3 is 0 Å². The normalized spacial score (nSPS) is 25.0. The molecule has 0 aromatic heterocycles. The molecule has 0 bridgehead atoms. The molecule has 1 aromatic carbocycles. The highest BCUT2D eigenvalue weighted by Crippen LogP contribution is 2.39. The van der Waals surface area contributed by atoms with Gasteiger partial charge in [0.05, 0.1) is 13.0 Å². The number of amides is 2. The van der Waals surface area contributed by atoms with Gasteiger partial charge in [-0.05, 0) is 43.9 Å². The third kappa shape index (κ3) is 5.23. The van der Waals surface area contributed by atoms with Crippen molar-refractivity contribution in [3.63, 3.8) is 0 Å². The first-order valence-electron chi connectivity index (χ1n) is 12.0. The second kappa shape index (κ2) is 10.7. The number of carbonyl (C=O) groups is 2. The maximum atomic E-state index is 13.4. The molecule has 2 heterocycles. The first-order chi connectivity index (χ1) is 16.0. The van der Waals surface area contributed by atoms with E-state index in [1.807, 2.05) is 36.9 Å². The van der Waals surface area contributed by atoms with Crippen molar-refractivity contribution in [3.8, 4) is 5.75 Å². The van der Waals surface area contributed by atoms with E-state index in [0.717, 1.165) is 54.3 Å². The topological polar surface area (TPSA) is 86.3 Å². The van der Waals surface area contributed by atoms with Crippen LogP contribution in [0.3, 0.4) is 0 Å². The number of carbonyl (C=O) groups excluding carboxylic acids is 2. The molecule has 2 aliphatic heterocycles. The molecule has 2 fully saturated rings. The minimum absolute atomic E-state index is 0.0130. The van der Waals surface area contributed by atoms with E-state index in [0.29, 0.717) is 13.0 Å². The lowest BCUT2D eigenvalue weighted by Crippen LogP contribution is -2.67. The number of ether oxygens (including phenoxy) is 1. The maximum Gasteiger partial charge on any atom is 0.230 e. The highest BCUT2D eigenvalue weighted by atomic mass is 32.2. The number of hydrogen-bond donors (Lipinski definition) is 2. The summed E-state index contributed by atoms with van der Waals surface area (Å²) in [4.78, 5) is 29.9. The first-order valence-corrected chi connectivity index (χ1v) is 13.0. The van der Waals surface area contributed by atoms with Crippen LogP contribution in [0.15, 0.2) is 29.4 Å². The molecule has 1 saturated carbocycles. The van der Waals surface area contributed by atoms with Gasteiger partial charge in [-0.25, -0.2) is 0 Å². The molecule has 2 amide bonds. The van der Waals surface area contributed by atoms with Crippen LogP contribution in [-0.4, -0.2) is 58.8 Å². The second-order valence-electron chi connectivity index (χ2n) is 9.06. The third-order valence-corrected chi connectivity index (χ3v) is 7.88. The number of amidine groups is 1. The molecule has 0 radical (unpaired) electrons. The average Bonchev–Trinajstić information content (AvgIpc) is 3.26. The van der Waals surface area contributed by atoms with E-state index in [2.05, 4.69) is 26.8 Å². The number of thioether (sulfide) groups is 1. The van der Waals surface area contributed by atoms with Crippen LogP contribution in [0.5, 0.6) is 5.75 Å². The third-order valence-electron chi connectivity index (χ3n) is 6.84. The summed E-state index contributed by atoms with van der Waals surface area (Å²) in [5.41, 5.74) is 4.36. The number of hydrazone groups is 1. The van der Waals surface area contributed by atoms with E-state index in [4.69, 9.17) is 4.74 Å². The summed E-state index contributed by atoms with van der Waals surface area (Å²) in [5.74, 6) is 1.72. The van der Waals surface area contributed by atoms with Crippen molar-refractivity contribution >= 4 is 28.7 Å². The Morgan fingerprint density at radius 3 is 2.97 bits per heavy atom. The summed E-state index contributed by atoms with van der Waals surface area (Å²) in [5, 5.41) is 8.55. The lowest BCUT2D eigenvalue weighted by atomic mass is 9.81. The summed E-state index contributed by atoms with van der Waals surface area (Å²) in [6, 6.07) is 8.36. The van der Waals surface area contributed by atoms with Crippen LogP contribution >= 0.6 is 11.8 Å². The summed E-state index contributed by atoms with van der Waals surface area (Å²) >= 11 is 1.68. The molecule has 2 N–H and O–H groups in total. The molecule has 3 aliphatic rings. The van der Waals surface area contributed by atoms with E-state index in [-0.39, 0.29) is 36.1 Å². The van der Waals surface area contributed by atoms with Gasteiger partial charge in [0.15, 0.2) is 11.5 Å². The van der Waals surface area contributed by atoms with E-state index < -0.39 is 0 Å². The highest BCUT2D eigenvalue weighted by Gasteiger charge is 2.50. The van der Waals surface area contributed by atoms with Gasteiger partial charge in [0.25, 0.3) is 0 Å². The van der Waals surface area contributed by atoms with Crippen molar-refractivity contribution in [1.82, 2.24) is 20.5 Å². The predicted octanol–water partition coefficient (Wildman–Crippen LogP) is 3.09. The Labute approximate surface area is 200 Å². The monoisotopic (exact) mass is 473 g/mol. The van der Waals surface area contributed by atoms with Crippen LogP contribution in [0.4, 0.5) is 0 Å². The zero-order valence-electron chi connectivity index (χ0n) is 19.8. The minimum Gasteiger partial charge on any atom is -0.497 e. The lowest BCUT2D eigenvalue weighted by Gasteiger charge is -2.50. The summed E-state index contributed by atoms with van der Waals surface area (Å²) in [6.45, 7) is 4.43. The molecule has 4 atom stereocenters. The maximum absolute atomic E-state index is 13.4. The summed E-state index contributed by atoms with van der Waals surface area (Å²) in [7, 11) is 1.67. The van der Waals surface area contributed by atoms with Crippen molar-refractivity contribution in [1.29, 1.82) is 0 Å². The molecule has 0 spiro atoms. The van der Waals surface area contributed by atoms with Crippen molar-refractivity contribution in [2.45, 2.75) is 76.5 Å². The van der Waals surface area contributed by atoms with E-state index in [1.54, 1.807) is 18.9 Å². The van der Waals surface area contributed by atoms with E-state index in [9.17, 15) is 9.59 Å². The van der Waals surface area contributed by atoms with Gasteiger partial charge in [-0.1, -0.05) is 43.7 Å². The molecular weight excluding hydrogens is 438 g/mol. The molecule has 1 aromatic rings. The number of methoxy groups -OCH3 is 1. The Balaban J connectivity index is 1.46. The Kier molecular flexibility index (Phi) is 7.67. The molecule has 4 rings (SSSR count). The number of rotatable bonds is 8. The predicted molar refractivity (Wildman–Crippen MR) is 130 cm³/mol. The quantitative estimate of drug-likeness (QED) is 0.604. The smallest absolute Gasteiger partial charge is 0.230 e. The Hall–Kier alpha value is -2.42. The molecule has 1 aliphatic carbocycles. The SMILES string of the molecule is CCC(C)NC(=O)CCN1C(=O)C2CCCCC2N2C(SCc3cccc(OC)c3)=NNC12. The first kappa shape index (κ1) is 23.7. The van der Waals surface area contributed by atoms with Crippen molar-refractivity contribution in [2.75, 3.05) is 13.7 Å². The van der Waals surface area contributed by atoms with Gasteiger partial charge in [0.2, 0.25) is 11.8 Å². The fourth-order valence-electron chi connectivity index (χ4n) is 4.87. The van der Waals surface area contributed by atoms with Crippen LogP contribution in [-0.2, 0) is 15.3 Å². The number of fused-ring (bicyclic) bond motifs is 3. The van der Waals surface area contributed by atoms with Gasteiger partial charge in [-0.2, -0.15) is 5.10 Å². The van der Waals surface area contributed by atoms with Gasteiger partial charge in [0, 0.05) is 30.8 Å². The van der Waals surface area contributed by atoms with Gasteiger partial charge < -0.3 is 19.9 Å². The molecule has 1 saturated heterocycles. The second-order valence-corrected chi connectivity index (χ2v) is 10.0. The van der Waals surface area contributed by atoms with Crippen LogP contribution in [0, 0.1) is 5.92 Å². The van der Waals surface area contributed by atoms with E-state index in [1.165, 1.54) is 0 Å². The number of benzene rings is 1. The van der Waals surface area contributed by atoms with Crippen LogP contribution in [0.2, 0.25) is 0 Å². The van der Waals surface area contributed by atoms with Crippen LogP contribution < -0.4 is 15.5 Å². The Morgan fingerprint density at radius 2 is 2.18 bits per heavy atom. The number of hydrogen-bond acceptors (Lipinski definition) is 7. The van der Waals surface area contributed by atoms with Crippen molar-refractivity contribution < 1.29 is 14.3 Å². The van der Waals surface area contributed by atoms with Gasteiger partial charge in [-0.15, -0.1) is 0 Å². The van der Waals surface area contributed by atoms with Crippen molar-refractivity contribution in [2.24, 2.45) is 11.0 Å². The fraction of sp³-hybridized carbons (Fsp3) is 0.625. The van der Waals surface area contributed by atoms with Gasteiger partial charge in [0.1, 0.15) is 5.75 Å². The summed E-state index contributed by atoms with van der Waals surface area (Å²) in [6.07, 6.45) is 4.96. The molecule has 9 heteroatoms. The minimum atomic E-state index is -0.318. The Morgan fingerprint density at radius 1 is 1.36 bits per heavy atom. The fourth-order valence-corrected chi connectivity index (χ4v) is 5.84. The lowest BCUT2D eigenvalue weighted by molar-refractivity contribution is -0.155. The molecule has 180 valence electrons. The molecular formula is C24H35N5O3S. The van der Waals surface area contributed by atoms with E-state index >= 15 is 0 Å². The van der Waals surface area contributed by atoms with Crippen LogP contribution in [0.25, 0.3) is 0 Å². The number of nitrogens with one attached hydrogen (secondary N) is 2. The molecule has 8 nitrogen and oxygen atoms in total. The average molecular weight is 474 g/mol. The van der Waals surface area contributed by atoms with Crippen LogP contribution in [0.1, 0.15) is 57.9 Å². The molecule has 4 unspecified atom stereocenters.